The second kappa shape index (κ2) is 6.26. The maximum Gasteiger partial charge on any atom is 0.220 e. The maximum absolute atomic E-state index is 11.7. The molecule has 1 heterocycles. The summed E-state index contributed by atoms with van der Waals surface area (Å²) in [6.45, 7) is 0. The number of hydrogen-bond acceptors (Lipinski definition) is 4. The van der Waals surface area contributed by atoms with E-state index in [0.29, 0.717) is 18.9 Å². The Balaban J connectivity index is 1.64. The van der Waals surface area contributed by atoms with Crippen molar-refractivity contribution in [1.82, 2.24) is 10.3 Å². The normalized spacial score (nSPS) is 14.0. The molecule has 0 spiro atoms. The molecule has 0 saturated heterocycles. The predicted molar refractivity (Wildman–Crippen MR) is 83.6 cm³/mol. The lowest BCUT2D eigenvalue weighted by atomic mass is 10.2. The zero-order valence-corrected chi connectivity index (χ0v) is 12.8. The number of methoxy groups -OCH3 is 1. The van der Waals surface area contributed by atoms with Crippen molar-refractivity contribution in [3.05, 3.63) is 35.3 Å². The topological polar surface area (TPSA) is 51.2 Å². The summed E-state index contributed by atoms with van der Waals surface area (Å²) in [5.74, 6) is 0.953. The molecule has 1 aromatic carbocycles. The number of benzene rings is 1. The van der Waals surface area contributed by atoms with Crippen molar-refractivity contribution in [2.75, 3.05) is 7.11 Å². The quantitative estimate of drug-likeness (QED) is 0.892. The van der Waals surface area contributed by atoms with Crippen LogP contribution in [0.25, 0.3) is 10.6 Å². The van der Waals surface area contributed by atoms with E-state index in [1.54, 1.807) is 18.4 Å². The first-order valence-electron chi connectivity index (χ1n) is 7.13. The molecule has 0 aliphatic heterocycles. The molecule has 0 radical (unpaired) electrons. The molecule has 1 aliphatic carbocycles. The lowest BCUT2D eigenvalue weighted by Crippen LogP contribution is -2.25. The molecule has 1 N–H and O–H groups in total. The first-order chi connectivity index (χ1) is 10.3. The van der Waals surface area contributed by atoms with Crippen molar-refractivity contribution in [3.8, 4) is 16.3 Å². The van der Waals surface area contributed by atoms with E-state index in [2.05, 4.69) is 10.3 Å². The van der Waals surface area contributed by atoms with Crippen LogP contribution in [-0.2, 0) is 11.2 Å². The minimum Gasteiger partial charge on any atom is -0.496 e. The molecular weight excluding hydrogens is 284 g/mol. The zero-order valence-electron chi connectivity index (χ0n) is 12.0. The second-order valence-corrected chi connectivity index (χ2v) is 6.04. The first-order valence-corrected chi connectivity index (χ1v) is 8.01. The molecule has 21 heavy (non-hydrogen) atoms. The van der Waals surface area contributed by atoms with E-state index < -0.39 is 0 Å². The third-order valence-electron chi connectivity index (χ3n) is 3.44. The summed E-state index contributed by atoms with van der Waals surface area (Å²) in [6.07, 6.45) is 3.44. The molecule has 4 nitrogen and oxygen atoms in total. The van der Waals surface area contributed by atoms with Crippen LogP contribution in [0.1, 0.15) is 25.0 Å². The van der Waals surface area contributed by atoms with Gasteiger partial charge < -0.3 is 10.1 Å². The van der Waals surface area contributed by atoms with Crippen LogP contribution < -0.4 is 10.1 Å². The van der Waals surface area contributed by atoms with Crippen LogP contribution in [0, 0.1) is 0 Å². The molecule has 0 unspecified atom stereocenters. The molecule has 0 bridgehead atoms. The van der Waals surface area contributed by atoms with E-state index in [1.165, 1.54) is 0 Å². The van der Waals surface area contributed by atoms with Crippen molar-refractivity contribution in [2.24, 2.45) is 0 Å². The van der Waals surface area contributed by atoms with E-state index >= 15 is 0 Å². The van der Waals surface area contributed by atoms with Gasteiger partial charge in [-0.05, 0) is 31.4 Å². The van der Waals surface area contributed by atoms with Gasteiger partial charge in [0.1, 0.15) is 10.8 Å². The number of aryl methyl sites for hydroxylation is 1. The van der Waals surface area contributed by atoms with E-state index in [9.17, 15) is 4.79 Å². The Morgan fingerprint density at radius 1 is 1.43 bits per heavy atom. The van der Waals surface area contributed by atoms with Gasteiger partial charge in [0.05, 0.1) is 18.4 Å². The molecule has 1 aromatic heterocycles. The van der Waals surface area contributed by atoms with Crippen LogP contribution in [0.5, 0.6) is 5.75 Å². The van der Waals surface area contributed by atoms with E-state index in [0.717, 1.165) is 34.9 Å². The monoisotopic (exact) mass is 302 g/mol. The van der Waals surface area contributed by atoms with Crippen molar-refractivity contribution >= 4 is 17.2 Å². The van der Waals surface area contributed by atoms with Crippen LogP contribution in [0.2, 0.25) is 0 Å². The minimum atomic E-state index is 0.129. The standard InChI is InChI=1S/C16H18N2O2S/c1-20-14-5-3-2-4-13(14)16-18-12(10-21-16)8-9-15(19)17-11-6-7-11/h2-5,10-11H,6-9H2,1H3,(H,17,19). The Labute approximate surface area is 128 Å². The van der Waals surface area contributed by atoms with Crippen LogP contribution in [-0.4, -0.2) is 24.0 Å². The van der Waals surface area contributed by atoms with Gasteiger partial charge in [-0.15, -0.1) is 11.3 Å². The highest BCUT2D eigenvalue weighted by molar-refractivity contribution is 7.13. The highest BCUT2D eigenvalue weighted by Crippen LogP contribution is 2.32. The third-order valence-corrected chi connectivity index (χ3v) is 4.36. The number of rotatable bonds is 6. The second-order valence-electron chi connectivity index (χ2n) is 5.19. The predicted octanol–water partition coefficient (Wildman–Crippen LogP) is 3.03. The van der Waals surface area contributed by atoms with Gasteiger partial charge in [0, 0.05) is 17.8 Å². The highest BCUT2D eigenvalue weighted by atomic mass is 32.1. The minimum absolute atomic E-state index is 0.129. The fourth-order valence-corrected chi connectivity index (χ4v) is 3.02. The van der Waals surface area contributed by atoms with Crippen LogP contribution in [0.15, 0.2) is 29.6 Å². The lowest BCUT2D eigenvalue weighted by Gasteiger charge is -2.04. The largest absolute Gasteiger partial charge is 0.496 e. The highest BCUT2D eigenvalue weighted by Gasteiger charge is 2.23. The Hall–Kier alpha value is -1.88. The Morgan fingerprint density at radius 3 is 3.00 bits per heavy atom. The molecule has 110 valence electrons. The molecule has 1 amide bonds. The smallest absolute Gasteiger partial charge is 0.220 e. The number of thiazole rings is 1. The van der Waals surface area contributed by atoms with Gasteiger partial charge in [0.2, 0.25) is 5.91 Å². The summed E-state index contributed by atoms with van der Waals surface area (Å²) in [5, 5.41) is 5.95. The third kappa shape index (κ3) is 3.61. The van der Waals surface area contributed by atoms with E-state index in [-0.39, 0.29) is 5.91 Å². The molecule has 1 fully saturated rings. The summed E-state index contributed by atoms with van der Waals surface area (Å²) in [6, 6.07) is 8.28. The number of carbonyl (C=O) groups excluding carboxylic acids is 1. The summed E-state index contributed by atoms with van der Waals surface area (Å²) < 4.78 is 5.36. The SMILES string of the molecule is COc1ccccc1-c1nc(CCC(=O)NC2CC2)cs1. The van der Waals surface area contributed by atoms with Gasteiger partial charge in [-0.3, -0.25) is 4.79 Å². The zero-order chi connectivity index (χ0) is 14.7. The maximum atomic E-state index is 11.7. The Morgan fingerprint density at radius 2 is 2.24 bits per heavy atom. The van der Waals surface area contributed by atoms with Gasteiger partial charge >= 0.3 is 0 Å². The van der Waals surface area contributed by atoms with Gasteiger partial charge in [-0.2, -0.15) is 0 Å². The number of carbonyl (C=O) groups is 1. The molecule has 1 aliphatic rings. The average Bonchev–Trinajstić information content (AvgIpc) is 3.19. The number of para-hydroxylation sites is 1. The van der Waals surface area contributed by atoms with Crippen LogP contribution in [0.4, 0.5) is 0 Å². The fraction of sp³-hybridized carbons (Fsp3) is 0.375. The van der Waals surface area contributed by atoms with Crippen molar-refractivity contribution < 1.29 is 9.53 Å². The fourth-order valence-electron chi connectivity index (χ4n) is 2.14. The van der Waals surface area contributed by atoms with Gasteiger partial charge in [0.25, 0.3) is 0 Å². The average molecular weight is 302 g/mol. The summed E-state index contributed by atoms with van der Waals surface area (Å²) in [4.78, 5) is 16.3. The first kappa shape index (κ1) is 14.1. The van der Waals surface area contributed by atoms with Crippen LogP contribution in [0.3, 0.4) is 0 Å². The van der Waals surface area contributed by atoms with Crippen molar-refractivity contribution in [3.63, 3.8) is 0 Å². The van der Waals surface area contributed by atoms with Gasteiger partial charge in [-0.1, -0.05) is 12.1 Å². The van der Waals surface area contributed by atoms with Gasteiger partial charge in [-0.25, -0.2) is 4.98 Å². The van der Waals surface area contributed by atoms with Crippen LogP contribution >= 0.6 is 11.3 Å². The Kier molecular flexibility index (Phi) is 4.20. The molecule has 3 rings (SSSR count). The number of ether oxygens (including phenoxy) is 1. The molecular formula is C16H18N2O2S. The molecule has 2 aromatic rings. The summed E-state index contributed by atoms with van der Waals surface area (Å²) in [7, 11) is 1.66. The molecule has 5 heteroatoms. The summed E-state index contributed by atoms with van der Waals surface area (Å²) >= 11 is 1.59. The number of amides is 1. The van der Waals surface area contributed by atoms with Crippen molar-refractivity contribution in [2.45, 2.75) is 31.7 Å². The van der Waals surface area contributed by atoms with Crippen molar-refractivity contribution in [1.29, 1.82) is 0 Å². The van der Waals surface area contributed by atoms with E-state index in [1.807, 2.05) is 29.6 Å². The Bertz CT molecular complexity index is 635. The molecule has 0 atom stereocenters. The number of aromatic nitrogens is 1. The number of nitrogens with zero attached hydrogens (tertiary/aromatic N) is 1. The summed E-state index contributed by atoms with van der Waals surface area (Å²) in [5.41, 5.74) is 1.96. The number of hydrogen-bond donors (Lipinski definition) is 1. The van der Waals surface area contributed by atoms with Gasteiger partial charge in [0.15, 0.2) is 0 Å². The lowest BCUT2D eigenvalue weighted by molar-refractivity contribution is -0.121. The van der Waals surface area contributed by atoms with E-state index in [4.69, 9.17) is 4.74 Å². The number of nitrogens with one attached hydrogen (secondary N) is 1. The molecule has 1 saturated carbocycles.